The number of imidazole rings is 1. The zero-order chi connectivity index (χ0) is 31.9. The van der Waals surface area contributed by atoms with Crippen LogP contribution in [0.5, 0.6) is 0 Å². The number of fused-ring (bicyclic) bond motifs is 5. The third kappa shape index (κ3) is 5.62. The number of aliphatic hydroxyl groups excluding tert-OH is 1. The summed E-state index contributed by atoms with van der Waals surface area (Å²) in [6, 6.07) is -0.976. The van der Waals surface area contributed by atoms with E-state index in [1.165, 1.54) is 19.6 Å². The van der Waals surface area contributed by atoms with E-state index in [1.807, 2.05) is 6.92 Å². The van der Waals surface area contributed by atoms with Crippen LogP contribution < -0.4 is 5.32 Å². The Kier molecular flexibility index (Phi) is 8.87. The largest absolute Gasteiger partial charge is 0.467 e. The van der Waals surface area contributed by atoms with Gasteiger partial charge in [0, 0.05) is 36.6 Å². The quantitative estimate of drug-likeness (QED) is 0.283. The number of H-pyrrole nitrogens is 1. The number of aromatic nitrogens is 2. The molecule has 12 nitrogen and oxygen atoms in total. The van der Waals surface area contributed by atoms with Crippen LogP contribution in [-0.2, 0) is 39.9 Å². The van der Waals surface area contributed by atoms with Crippen LogP contribution in [0.25, 0.3) is 0 Å². The van der Waals surface area contributed by atoms with Crippen LogP contribution in [0.4, 0.5) is 0 Å². The van der Waals surface area contributed by atoms with E-state index >= 15 is 0 Å². The van der Waals surface area contributed by atoms with Crippen LogP contribution in [0.15, 0.2) is 24.2 Å². The van der Waals surface area contributed by atoms with Gasteiger partial charge in [-0.25, -0.2) is 9.78 Å². The topological polar surface area (TPSA) is 185 Å². The normalized spacial score (nSPS) is 34.9. The van der Waals surface area contributed by atoms with Gasteiger partial charge < -0.3 is 30.0 Å². The number of Topliss-reactive ketones (excluding diaryl/α,β-unsaturated/α-hetero) is 1. The summed E-state index contributed by atoms with van der Waals surface area (Å²) in [5, 5.41) is 25.9. The molecule has 44 heavy (non-hydrogen) atoms. The van der Waals surface area contributed by atoms with Crippen molar-refractivity contribution in [2.45, 2.75) is 95.8 Å². The van der Waals surface area contributed by atoms with Crippen LogP contribution in [0.3, 0.4) is 0 Å². The molecule has 5 rings (SSSR count). The van der Waals surface area contributed by atoms with Crippen molar-refractivity contribution in [2.24, 2.45) is 28.6 Å². The van der Waals surface area contributed by atoms with Crippen molar-refractivity contribution < 1.29 is 43.7 Å². The number of carbonyl (C=O) groups is 5. The van der Waals surface area contributed by atoms with Crippen molar-refractivity contribution in [1.29, 1.82) is 0 Å². The van der Waals surface area contributed by atoms with E-state index in [1.54, 1.807) is 6.08 Å². The second-order valence-electron chi connectivity index (χ2n) is 13.5. The average molecular weight is 614 g/mol. The van der Waals surface area contributed by atoms with E-state index in [9.17, 15) is 34.2 Å². The minimum absolute atomic E-state index is 0.00441. The van der Waals surface area contributed by atoms with Crippen LogP contribution >= 0.6 is 0 Å². The van der Waals surface area contributed by atoms with Gasteiger partial charge in [-0.15, -0.1) is 0 Å². The summed E-state index contributed by atoms with van der Waals surface area (Å²) >= 11 is 0. The lowest BCUT2D eigenvalue weighted by atomic mass is 9.45. The Hall–Kier alpha value is -3.38. The fraction of sp³-hybridized carbons (Fsp3) is 0.688. The molecular weight excluding hydrogens is 570 g/mol. The molecule has 3 fully saturated rings. The molecule has 12 heteroatoms. The molecule has 0 aromatic carbocycles. The summed E-state index contributed by atoms with van der Waals surface area (Å²) in [7, 11) is 1.21. The van der Waals surface area contributed by atoms with E-state index in [4.69, 9.17) is 9.47 Å². The summed E-state index contributed by atoms with van der Waals surface area (Å²) in [6.45, 7) is 3.38. The van der Waals surface area contributed by atoms with Crippen molar-refractivity contribution in [3.8, 4) is 0 Å². The van der Waals surface area contributed by atoms with Crippen molar-refractivity contribution in [3.63, 3.8) is 0 Å². The summed E-state index contributed by atoms with van der Waals surface area (Å²) in [5.74, 6) is -2.41. The number of hydrogen-bond donors (Lipinski definition) is 4. The zero-order valence-corrected chi connectivity index (χ0v) is 25.6. The molecule has 0 spiro atoms. The van der Waals surface area contributed by atoms with Gasteiger partial charge in [0.25, 0.3) is 0 Å². The highest BCUT2D eigenvalue weighted by Gasteiger charge is 2.68. The molecule has 4 aliphatic carbocycles. The highest BCUT2D eigenvalue weighted by Crippen LogP contribution is 2.67. The first-order valence-electron chi connectivity index (χ1n) is 15.5. The minimum Gasteiger partial charge on any atom is -0.467 e. The average Bonchev–Trinajstić information content (AvgIpc) is 3.60. The number of carbonyl (C=O) groups excluding carboxylic acids is 5. The summed E-state index contributed by atoms with van der Waals surface area (Å²) in [5.41, 5.74) is -1.20. The second kappa shape index (κ2) is 12.2. The van der Waals surface area contributed by atoms with Crippen LogP contribution in [0.1, 0.15) is 77.3 Å². The van der Waals surface area contributed by atoms with Crippen LogP contribution in [-0.4, -0.2) is 81.1 Å². The van der Waals surface area contributed by atoms with Crippen molar-refractivity contribution >= 4 is 29.4 Å². The molecule has 1 heterocycles. The fourth-order valence-electron chi connectivity index (χ4n) is 8.92. The Morgan fingerprint density at radius 2 is 1.93 bits per heavy atom. The van der Waals surface area contributed by atoms with Gasteiger partial charge in [0.05, 0.1) is 26.0 Å². The summed E-state index contributed by atoms with van der Waals surface area (Å²) in [6.07, 6.45) is 7.31. The lowest BCUT2D eigenvalue weighted by Gasteiger charge is -2.60. The SMILES string of the molecule is COC(=O)[C@@H](Cc1cnc[nH]1)NC(=O)CCC(=O)OCC(=O)[C@@]1(O)CC[C@H]2[C@@H]3CCC4=CC(=O)CC[C@]4(C)[C@H]3[C@@H](O)C[C@@]21C. The standard InChI is InChI=1S/C32H43N3O9/c1-30-10-8-20(36)12-18(30)4-5-21-22-9-11-32(42,31(22,2)14-24(37)28(21)30)25(38)16-44-27(40)7-6-26(39)35-23(29(41)43-3)13-19-15-33-17-34-19/h12,15,17,21-24,28,37,42H,4-11,13-14,16H2,1-3H3,(H,33,34)(H,35,39)/t21-,22-,23+,24-,28+,30-,31-,32-/m0/s1. The molecule has 0 unspecified atom stereocenters. The minimum atomic E-state index is -1.76. The Labute approximate surface area is 256 Å². The van der Waals surface area contributed by atoms with Gasteiger partial charge in [-0.1, -0.05) is 19.4 Å². The summed E-state index contributed by atoms with van der Waals surface area (Å²) < 4.78 is 9.96. The monoisotopic (exact) mass is 613 g/mol. The molecular formula is C32H43N3O9. The number of allylic oxidation sites excluding steroid dienone is 1. The zero-order valence-electron chi connectivity index (χ0n) is 25.6. The van der Waals surface area contributed by atoms with E-state index in [0.29, 0.717) is 25.0 Å². The first kappa shape index (κ1) is 32.0. The number of rotatable bonds is 10. The van der Waals surface area contributed by atoms with E-state index in [-0.39, 0.29) is 61.1 Å². The molecule has 1 aromatic heterocycles. The number of nitrogens with zero attached hydrogens (tertiary/aromatic N) is 1. The van der Waals surface area contributed by atoms with E-state index in [2.05, 4.69) is 22.2 Å². The maximum atomic E-state index is 13.5. The lowest BCUT2D eigenvalue weighted by Crippen LogP contribution is -2.62. The number of amides is 1. The van der Waals surface area contributed by atoms with Crippen LogP contribution in [0, 0.1) is 28.6 Å². The number of esters is 2. The number of ether oxygens (including phenoxy) is 2. The Morgan fingerprint density at radius 3 is 2.64 bits per heavy atom. The van der Waals surface area contributed by atoms with Gasteiger partial charge in [0.1, 0.15) is 11.6 Å². The van der Waals surface area contributed by atoms with Gasteiger partial charge in [-0.3, -0.25) is 19.2 Å². The van der Waals surface area contributed by atoms with E-state index < -0.39 is 53.4 Å². The third-order valence-electron chi connectivity index (χ3n) is 11.2. The Bertz CT molecular complexity index is 1340. The Morgan fingerprint density at radius 1 is 1.16 bits per heavy atom. The fourth-order valence-corrected chi connectivity index (χ4v) is 8.92. The molecule has 0 aliphatic heterocycles. The number of hydrogen-bond acceptors (Lipinski definition) is 10. The predicted molar refractivity (Wildman–Crippen MR) is 154 cm³/mol. The maximum Gasteiger partial charge on any atom is 0.328 e. The lowest BCUT2D eigenvalue weighted by molar-refractivity contribution is -0.184. The molecule has 240 valence electrons. The van der Waals surface area contributed by atoms with Gasteiger partial charge >= 0.3 is 11.9 Å². The van der Waals surface area contributed by atoms with Crippen LogP contribution in [0.2, 0.25) is 0 Å². The highest BCUT2D eigenvalue weighted by atomic mass is 16.5. The van der Waals surface area contributed by atoms with Crippen molar-refractivity contribution in [2.75, 3.05) is 13.7 Å². The molecule has 0 bridgehead atoms. The number of nitrogens with one attached hydrogen (secondary N) is 2. The highest BCUT2D eigenvalue weighted by molar-refractivity contribution is 5.92. The van der Waals surface area contributed by atoms with E-state index in [0.717, 1.165) is 18.4 Å². The first-order chi connectivity index (χ1) is 20.8. The number of ketones is 2. The molecule has 0 radical (unpaired) electrons. The maximum absolute atomic E-state index is 13.5. The number of aromatic amines is 1. The molecule has 4 aliphatic rings. The van der Waals surface area contributed by atoms with Gasteiger partial charge in [0.2, 0.25) is 11.7 Å². The molecule has 4 N–H and O–H groups in total. The second-order valence-corrected chi connectivity index (χ2v) is 13.5. The molecule has 1 aromatic rings. The van der Waals surface area contributed by atoms with Gasteiger partial charge in [0.15, 0.2) is 12.4 Å². The van der Waals surface area contributed by atoms with Gasteiger partial charge in [-0.2, -0.15) is 0 Å². The first-order valence-corrected chi connectivity index (χ1v) is 15.5. The molecule has 3 saturated carbocycles. The van der Waals surface area contributed by atoms with Crippen molar-refractivity contribution in [3.05, 3.63) is 29.9 Å². The molecule has 1 amide bonds. The molecule has 0 saturated heterocycles. The third-order valence-corrected chi connectivity index (χ3v) is 11.2. The number of methoxy groups -OCH3 is 1. The number of aliphatic hydroxyl groups is 2. The predicted octanol–water partition coefficient (Wildman–Crippen LogP) is 1.74. The van der Waals surface area contributed by atoms with Gasteiger partial charge in [-0.05, 0) is 67.8 Å². The smallest absolute Gasteiger partial charge is 0.328 e. The molecule has 8 atom stereocenters. The Balaban J connectivity index is 1.16. The summed E-state index contributed by atoms with van der Waals surface area (Å²) in [4.78, 5) is 69.4. The van der Waals surface area contributed by atoms with Crippen molar-refractivity contribution in [1.82, 2.24) is 15.3 Å².